The van der Waals surface area contributed by atoms with Crippen LogP contribution >= 0.6 is 0 Å². The number of rotatable bonds is 2. The molecule has 0 amide bonds. The van der Waals surface area contributed by atoms with Crippen molar-refractivity contribution in [1.29, 1.82) is 0 Å². The molecule has 10 heteroatoms. The molecule has 0 heterocycles. The van der Waals surface area contributed by atoms with Crippen LogP contribution in [0.15, 0.2) is 23.0 Å². The topological polar surface area (TPSA) is 193 Å². The number of ketones is 2. The summed E-state index contributed by atoms with van der Waals surface area (Å²) in [6.07, 6.45) is -1.51. The number of phenols is 1. The van der Waals surface area contributed by atoms with E-state index in [2.05, 4.69) is 0 Å². The maximum atomic E-state index is 13.7. The highest BCUT2D eigenvalue weighted by atomic mass is 16.4. The highest BCUT2D eigenvalue weighted by Gasteiger charge is 2.70. The van der Waals surface area contributed by atoms with Crippen molar-refractivity contribution in [3.63, 3.8) is 0 Å². The lowest BCUT2D eigenvalue weighted by molar-refractivity contribution is -0.172. The molecule has 3 aliphatic carbocycles. The first kappa shape index (κ1) is 24.9. The molecule has 0 unspecified atom stereocenters. The van der Waals surface area contributed by atoms with Crippen LogP contribution in [0.2, 0.25) is 0 Å². The van der Waals surface area contributed by atoms with Gasteiger partial charge in [-0.2, -0.15) is 0 Å². The van der Waals surface area contributed by atoms with Crippen LogP contribution in [-0.4, -0.2) is 64.5 Å². The number of aliphatic hydroxyl groups is 5. The smallest absolute Gasteiger partial charge is 0.342 e. The summed E-state index contributed by atoms with van der Waals surface area (Å²) in [4.78, 5) is 37.8. The standard InChI is InChI=1S/C25H28O10/c1-22(2,3)12-5-10(8-26)11-6-24(34)9-23(4)7-13(27)15(21(32)33)19(30)25(23,35)20(31)16(24)18(29)14(11)17(12)28/h5,26,28-30,34-35H,6-9H2,1-4H3,(H,32,33)/t23-,24-,25-/m0/s1. The zero-order chi connectivity index (χ0) is 26.5. The van der Waals surface area contributed by atoms with Gasteiger partial charge in [0.25, 0.3) is 0 Å². The number of carboxylic acids is 1. The van der Waals surface area contributed by atoms with Crippen molar-refractivity contribution in [2.75, 3.05) is 0 Å². The van der Waals surface area contributed by atoms with Crippen LogP contribution < -0.4 is 0 Å². The first-order valence-corrected chi connectivity index (χ1v) is 11.1. The molecule has 7 N–H and O–H groups in total. The third-order valence-electron chi connectivity index (χ3n) is 7.62. The predicted octanol–water partition coefficient (Wildman–Crippen LogP) is 1.32. The number of aromatic hydroxyl groups is 1. The van der Waals surface area contributed by atoms with Crippen molar-refractivity contribution in [2.45, 2.75) is 70.2 Å². The van der Waals surface area contributed by atoms with Gasteiger partial charge in [-0.1, -0.05) is 27.7 Å². The predicted molar refractivity (Wildman–Crippen MR) is 121 cm³/mol. The number of aliphatic hydroxyl groups excluding tert-OH is 3. The Labute approximate surface area is 200 Å². The highest BCUT2D eigenvalue weighted by Crippen LogP contribution is 2.60. The molecule has 0 saturated heterocycles. The molecule has 188 valence electrons. The first-order valence-electron chi connectivity index (χ1n) is 11.1. The number of Topliss-reactive ketones (excluding diaryl/α,β-unsaturated/α-hetero) is 2. The average molecular weight is 488 g/mol. The van der Waals surface area contributed by atoms with E-state index < -0.39 is 81.7 Å². The molecule has 0 aliphatic heterocycles. The van der Waals surface area contributed by atoms with Crippen LogP contribution in [0.25, 0.3) is 5.76 Å². The van der Waals surface area contributed by atoms with E-state index in [4.69, 9.17) is 0 Å². The maximum Gasteiger partial charge on any atom is 0.342 e. The van der Waals surface area contributed by atoms with Crippen LogP contribution in [-0.2, 0) is 32.8 Å². The summed E-state index contributed by atoms with van der Waals surface area (Å²) < 4.78 is 0. The normalized spacial score (nSPS) is 30.7. The van der Waals surface area contributed by atoms with Crippen LogP contribution in [0, 0.1) is 5.41 Å². The van der Waals surface area contributed by atoms with Gasteiger partial charge in [0.2, 0.25) is 5.78 Å². The van der Waals surface area contributed by atoms with E-state index >= 15 is 0 Å². The molecule has 4 rings (SSSR count). The fourth-order valence-electron chi connectivity index (χ4n) is 5.92. The van der Waals surface area contributed by atoms with Gasteiger partial charge in [-0.3, -0.25) is 9.59 Å². The SMILES string of the molecule is CC(C)(C)c1cc(CO)c2c(c1O)C(O)=C1C(=O)[C@@]3(O)C(O)=C(C(=O)O)C(=O)C[C@@]3(C)C[C@@]1(O)C2. The van der Waals surface area contributed by atoms with Crippen LogP contribution in [0.5, 0.6) is 5.75 Å². The van der Waals surface area contributed by atoms with Crippen LogP contribution in [0.3, 0.4) is 0 Å². The molecule has 1 fully saturated rings. The summed E-state index contributed by atoms with van der Waals surface area (Å²) in [7, 11) is 0. The van der Waals surface area contributed by atoms with Crippen LogP contribution in [0.1, 0.15) is 62.8 Å². The van der Waals surface area contributed by atoms with E-state index in [9.17, 15) is 50.1 Å². The molecule has 10 nitrogen and oxygen atoms in total. The van der Waals surface area contributed by atoms with Crippen molar-refractivity contribution in [1.82, 2.24) is 0 Å². The molecule has 1 aromatic carbocycles. The fourth-order valence-corrected chi connectivity index (χ4v) is 5.92. The van der Waals surface area contributed by atoms with E-state index in [1.165, 1.54) is 6.92 Å². The molecular formula is C25H28O10. The molecule has 0 bridgehead atoms. The lowest BCUT2D eigenvalue weighted by Gasteiger charge is -2.55. The molecule has 0 aromatic heterocycles. The average Bonchev–Trinajstić information content (AvgIpc) is 2.69. The Hall–Kier alpha value is -3.21. The molecule has 0 spiro atoms. The van der Waals surface area contributed by atoms with Gasteiger partial charge in [-0.25, -0.2) is 4.79 Å². The molecule has 3 aliphatic rings. The van der Waals surface area contributed by atoms with E-state index in [0.717, 1.165) is 0 Å². The Morgan fingerprint density at radius 2 is 1.69 bits per heavy atom. The Balaban J connectivity index is 2.07. The zero-order valence-electron chi connectivity index (χ0n) is 19.8. The van der Waals surface area contributed by atoms with Gasteiger partial charge in [-0.15, -0.1) is 0 Å². The maximum absolute atomic E-state index is 13.7. The minimum absolute atomic E-state index is 0.191. The zero-order valence-corrected chi connectivity index (χ0v) is 19.8. The molecule has 3 atom stereocenters. The van der Waals surface area contributed by atoms with Gasteiger partial charge >= 0.3 is 5.97 Å². The Kier molecular flexibility index (Phi) is 5.09. The Morgan fingerprint density at radius 3 is 2.20 bits per heavy atom. The van der Waals surface area contributed by atoms with Crippen molar-refractivity contribution in [3.05, 3.63) is 45.2 Å². The first-order chi connectivity index (χ1) is 15.9. The van der Waals surface area contributed by atoms with Crippen molar-refractivity contribution in [2.24, 2.45) is 5.41 Å². The summed E-state index contributed by atoms with van der Waals surface area (Å²) in [6, 6.07) is 1.55. The third kappa shape index (κ3) is 3.03. The van der Waals surface area contributed by atoms with Crippen molar-refractivity contribution in [3.8, 4) is 5.75 Å². The van der Waals surface area contributed by atoms with Gasteiger partial charge < -0.3 is 35.7 Å². The second-order valence-corrected chi connectivity index (χ2v) is 11.0. The molecule has 1 aromatic rings. The van der Waals surface area contributed by atoms with E-state index in [-0.39, 0.29) is 23.3 Å². The van der Waals surface area contributed by atoms with Gasteiger partial charge in [0, 0.05) is 23.8 Å². The van der Waals surface area contributed by atoms with Crippen molar-refractivity contribution >= 4 is 23.3 Å². The number of carbonyl (C=O) groups excluding carboxylic acids is 2. The Bertz CT molecular complexity index is 1280. The number of carbonyl (C=O) groups is 3. The number of hydrogen-bond donors (Lipinski definition) is 7. The number of carboxylic acid groups (broad SMARTS) is 1. The number of phenolic OH excluding ortho intramolecular Hbond substituents is 1. The second kappa shape index (κ2) is 7.16. The molecule has 0 radical (unpaired) electrons. The second-order valence-electron chi connectivity index (χ2n) is 11.0. The fraction of sp³-hybridized carbons (Fsp3) is 0.480. The van der Waals surface area contributed by atoms with E-state index in [1.807, 2.05) is 0 Å². The summed E-state index contributed by atoms with van der Waals surface area (Å²) >= 11 is 0. The number of hydrogen-bond acceptors (Lipinski definition) is 9. The van der Waals surface area contributed by atoms with E-state index in [0.29, 0.717) is 11.1 Å². The minimum Gasteiger partial charge on any atom is -0.508 e. The number of aliphatic carboxylic acids is 1. The van der Waals surface area contributed by atoms with Gasteiger partial charge in [0.05, 0.1) is 17.7 Å². The van der Waals surface area contributed by atoms with Gasteiger partial charge in [0.15, 0.2) is 17.1 Å². The quantitative estimate of drug-likeness (QED) is 0.299. The molecule has 35 heavy (non-hydrogen) atoms. The number of benzene rings is 1. The number of fused-ring (bicyclic) bond motifs is 3. The lowest BCUT2D eigenvalue weighted by Crippen LogP contribution is -2.67. The Morgan fingerprint density at radius 1 is 1.09 bits per heavy atom. The summed E-state index contributed by atoms with van der Waals surface area (Å²) in [5, 5.41) is 75.5. The lowest BCUT2D eigenvalue weighted by atomic mass is 9.50. The summed E-state index contributed by atoms with van der Waals surface area (Å²) in [5.41, 5.74) is -8.72. The minimum atomic E-state index is -2.92. The summed E-state index contributed by atoms with van der Waals surface area (Å²) in [6.45, 7) is 6.13. The highest BCUT2D eigenvalue weighted by molar-refractivity contribution is 6.22. The molecular weight excluding hydrogens is 460 g/mol. The van der Waals surface area contributed by atoms with E-state index in [1.54, 1.807) is 26.8 Å². The van der Waals surface area contributed by atoms with Crippen LogP contribution in [0.4, 0.5) is 0 Å². The third-order valence-corrected chi connectivity index (χ3v) is 7.62. The van der Waals surface area contributed by atoms with Gasteiger partial charge in [-0.05, 0) is 29.0 Å². The van der Waals surface area contributed by atoms with Crippen molar-refractivity contribution < 1.29 is 50.1 Å². The van der Waals surface area contributed by atoms with Gasteiger partial charge in [0.1, 0.15) is 22.7 Å². The molecule has 1 saturated carbocycles. The largest absolute Gasteiger partial charge is 0.508 e. The summed E-state index contributed by atoms with van der Waals surface area (Å²) in [5.74, 6) is -6.81. The monoisotopic (exact) mass is 488 g/mol.